The van der Waals surface area contributed by atoms with E-state index in [2.05, 4.69) is 31.4 Å². The number of anilines is 1. The predicted molar refractivity (Wildman–Crippen MR) is 91.3 cm³/mol. The number of nitrogens with one attached hydrogen (secondary N) is 1. The number of carbonyl (C=O) groups excluding carboxylic acids is 1. The molecule has 6 nitrogen and oxygen atoms in total. The number of benzene rings is 1. The van der Waals surface area contributed by atoms with Gasteiger partial charge in [-0.2, -0.15) is 10.2 Å². The van der Waals surface area contributed by atoms with E-state index in [1.165, 1.54) is 0 Å². The van der Waals surface area contributed by atoms with E-state index in [-0.39, 0.29) is 5.91 Å². The highest BCUT2D eigenvalue weighted by Gasteiger charge is 2.10. The summed E-state index contributed by atoms with van der Waals surface area (Å²) in [5.41, 5.74) is 2.20. The molecular formula is C16H16BrN5O. The fourth-order valence-corrected chi connectivity index (χ4v) is 2.54. The summed E-state index contributed by atoms with van der Waals surface area (Å²) in [5, 5.41) is 11.3. The molecule has 0 fully saturated rings. The Morgan fingerprint density at radius 1 is 1.30 bits per heavy atom. The van der Waals surface area contributed by atoms with Gasteiger partial charge >= 0.3 is 0 Å². The van der Waals surface area contributed by atoms with Crippen molar-refractivity contribution in [3.05, 3.63) is 64.7 Å². The van der Waals surface area contributed by atoms with E-state index in [0.717, 1.165) is 22.3 Å². The summed E-state index contributed by atoms with van der Waals surface area (Å²) in [6.07, 6.45) is 5.44. The Morgan fingerprint density at radius 3 is 2.87 bits per heavy atom. The number of rotatable bonds is 5. The molecule has 0 bridgehead atoms. The van der Waals surface area contributed by atoms with Gasteiger partial charge < -0.3 is 5.32 Å². The van der Waals surface area contributed by atoms with E-state index in [9.17, 15) is 4.79 Å². The van der Waals surface area contributed by atoms with Gasteiger partial charge in [0.25, 0.3) is 5.91 Å². The van der Waals surface area contributed by atoms with E-state index in [1.54, 1.807) is 23.1 Å². The maximum Gasteiger partial charge on any atom is 0.276 e. The first-order chi connectivity index (χ1) is 11.1. The predicted octanol–water partition coefficient (Wildman–Crippen LogP) is 3.16. The van der Waals surface area contributed by atoms with Crippen LogP contribution in [0.15, 0.2) is 53.4 Å². The molecule has 23 heavy (non-hydrogen) atoms. The van der Waals surface area contributed by atoms with E-state index >= 15 is 0 Å². The highest BCUT2D eigenvalue weighted by Crippen LogP contribution is 2.14. The van der Waals surface area contributed by atoms with Crippen molar-refractivity contribution in [1.82, 2.24) is 19.6 Å². The first kappa shape index (κ1) is 15.5. The Balaban J connectivity index is 1.70. The maximum absolute atomic E-state index is 12.2. The number of carbonyl (C=O) groups is 1. The van der Waals surface area contributed by atoms with E-state index < -0.39 is 0 Å². The summed E-state index contributed by atoms with van der Waals surface area (Å²) < 4.78 is 4.49. The van der Waals surface area contributed by atoms with Crippen LogP contribution < -0.4 is 5.32 Å². The molecule has 0 aliphatic carbocycles. The molecule has 0 atom stereocenters. The molecule has 3 aromatic rings. The minimum atomic E-state index is -0.212. The second kappa shape index (κ2) is 6.78. The molecule has 1 aromatic carbocycles. The third kappa shape index (κ3) is 3.87. The van der Waals surface area contributed by atoms with Gasteiger partial charge in [0.1, 0.15) is 0 Å². The summed E-state index contributed by atoms with van der Waals surface area (Å²) in [7, 11) is 0. The number of aromatic nitrogens is 4. The minimum Gasteiger partial charge on any atom is -0.321 e. The Morgan fingerprint density at radius 2 is 2.17 bits per heavy atom. The molecule has 2 heterocycles. The highest BCUT2D eigenvalue weighted by atomic mass is 79.9. The van der Waals surface area contributed by atoms with Crippen LogP contribution >= 0.6 is 15.9 Å². The molecule has 0 aliphatic rings. The second-order valence-electron chi connectivity index (χ2n) is 5.07. The largest absolute Gasteiger partial charge is 0.321 e. The summed E-state index contributed by atoms with van der Waals surface area (Å²) >= 11 is 3.38. The van der Waals surface area contributed by atoms with Crippen LogP contribution in [0.3, 0.4) is 0 Å². The Labute approximate surface area is 142 Å². The molecule has 0 saturated heterocycles. The summed E-state index contributed by atoms with van der Waals surface area (Å²) in [6, 6.07) is 9.41. The average Bonchev–Trinajstić information content (AvgIpc) is 3.16. The fraction of sp³-hybridized carbons (Fsp3) is 0.188. The molecule has 118 valence electrons. The second-order valence-corrected chi connectivity index (χ2v) is 5.98. The van der Waals surface area contributed by atoms with Crippen LogP contribution in [0.2, 0.25) is 0 Å². The van der Waals surface area contributed by atoms with Crippen molar-refractivity contribution in [3.8, 4) is 0 Å². The summed E-state index contributed by atoms with van der Waals surface area (Å²) in [6.45, 7) is 3.35. The van der Waals surface area contributed by atoms with Gasteiger partial charge in [-0.15, -0.1) is 0 Å². The summed E-state index contributed by atoms with van der Waals surface area (Å²) in [5.74, 6) is -0.212. The Kier molecular flexibility index (Phi) is 4.57. The van der Waals surface area contributed by atoms with E-state index in [1.807, 2.05) is 42.1 Å². The van der Waals surface area contributed by atoms with Gasteiger partial charge in [0.15, 0.2) is 5.69 Å². The van der Waals surface area contributed by atoms with Crippen molar-refractivity contribution in [3.63, 3.8) is 0 Å². The van der Waals surface area contributed by atoms with Crippen LogP contribution in [0, 0.1) is 0 Å². The normalized spacial score (nSPS) is 10.7. The lowest BCUT2D eigenvalue weighted by atomic mass is 10.2. The van der Waals surface area contributed by atoms with Crippen molar-refractivity contribution < 1.29 is 4.79 Å². The van der Waals surface area contributed by atoms with Crippen molar-refractivity contribution in [2.24, 2.45) is 0 Å². The van der Waals surface area contributed by atoms with Crippen molar-refractivity contribution in [2.75, 3.05) is 5.32 Å². The zero-order valence-corrected chi connectivity index (χ0v) is 14.2. The standard InChI is InChI=1S/C16H16BrN5O/c1-2-21-7-6-15(20-21)16(23)19-14-5-3-4-12(8-14)10-22-11-13(17)9-18-22/h3-9,11H,2,10H2,1H3,(H,19,23). The number of amides is 1. The molecule has 7 heteroatoms. The Bertz CT molecular complexity index is 823. The third-order valence-electron chi connectivity index (χ3n) is 3.33. The van der Waals surface area contributed by atoms with E-state index in [0.29, 0.717) is 12.2 Å². The van der Waals surface area contributed by atoms with Gasteiger partial charge in [0, 0.05) is 24.6 Å². The third-order valence-corrected chi connectivity index (χ3v) is 3.74. The number of halogens is 1. The maximum atomic E-state index is 12.2. The highest BCUT2D eigenvalue weighted by molar-refractivity contribution is 9.10. The molecule has 0 unspecified atom stereocenters. The first-order valence-electron chi connectivity index (χ1n) is 7.26. The van der Waals surface area contributed by atoms with Crippen LogP contribution in [0.5, 0.6) is 0 Å². The number of nitrogens with zero attached hydrogens (tertiary/aromatic N) is 4. The van der Waals surface area contributed by atoms with Crippen LogP contribution in [0.25, 0.3) is 0 Å². The van der Waals surface area contributed by atoms with E-state index in [4.69, 9.17) is 0 Å². The zero-order valence-electron chi connectivity index (χ0n) is 12.6. The molecule has 0 aliphatic heterocycles. The molecule has 3 rings (SSSR count). The van der Waals surface area contributed by atoms with Gasteiger partial charge in [0.2, 0.25) is 0 Å². The topological polar surface area (TPSA) is 64.7 Å². The quantitative estimate of drug-likeness (QED) is 0.746. The van der Waals surface area contributed by atoms with Crippen LogP contribution in [-0.4, -0.2) is 25.5 Å². The molecule has 0 saturated carbocycles. The van der Waals surface area contributed by atoms with Gasteiger partial charge in [-0.1, -0.05) is 12.1 Å². The molecule has 2 aromatic heterocycles. The SMILES string of the molecule is CCn1ccc(C(=O)Nc2cccc(Cn3cc(Br)cn3)c2)n1. The van der Waals surface area contributed by atoms with Gasteiger partial charge in [-0.05, 0) is 46.6 Å². The number of aryl methyl sites for hydroxylation is 1. The van der Waals surface area contributed by atoms with Crippen molar-refractivity contribution in [2.45, 2.75) is 20.0 Å². The molecule has 0 spiro atoms. The molecule has 1 amide bonds. The van der Waals surface area contributed by atoms with Crippen LogP contribution in [-0.2, 0) is 13.1 Å². The van der Waals surface area contributed by atoms with Crippen LogP contribution in [0.4, 0.5) is 5.69 Å². The minimum absolute atomic E-state index is 0.212. The monoisotopic (exact) mass is 373 g/mol. The smallest absolute Gasteiger partial charge is 0.276 e. The molecule has 0 radical (unpaired) electrons. The average molecular weight is 374 g/mol. The zero-order chi connectivity index (χ0) is 16.2. The first-order valence-corrected chi connectivity index (χ1v) is 8.05. The van der Waals surface area contributed by atoms with Crippen LogP contribution in [0.1, 0.15) is 23.0 Å². The van der Waals surface area contributed by atoms with Gasteiger partial charge in [-0.3, -0.25) is 14.2 Å². The number of hydrogen-bond donors (Lipinski definition) is 1. The molecule has 1 N–H and O–H groups in total. The lowest BCUT2D eigenvalue weighted by Crippen LogP contribution is -2.13. The van der Waals surface area contributed by atoms with Gasteiger partial charge in [-0.25, -0.2) is 0 Å². The lowest BCUT2D eigenvalue weighted by molar-refractivity contribution is 0.102. The summed E-state index contributed by atoms with van der Waals surface area (Å²) in [4.78, 5) is 12.2. The van der Waals surface area contributed by atoms with Gasteiger partial charge in [0.05, 0.1) is 17.2 Å². The lowest BCUT2D eigenvalue weighted by Gasteiger charge is -2.07. The van der Waals surface area contributed by atoms with Crippen molar-refractivity contribution in [1.29, 1.82) is 0 Å². The van der Waals surface area contributed by atoms with Crippen molar-refractivity contribution >= 4 is 27.5 Å². The number of hydrogen-bond acceptors (Lipinski definition) is 3. The Hall–Kier alpha value is -2.41. The molecular weight excluding hydrogens is 358 g/mol. The fourth-order valence-electron chi connectivity index (χ4n) is 2.21.